The fourth-order valence-electron chi connectivity index (χ4n) is 2.87. The average Bonchev–Trinajstić information content (AvgIpc) is 2.97. The number of carbonyl (C=O) groups is 2. The van der Waals surface area contributed by atoms with Crippen molar-refractivity contribution in [1.29, 1.82) is 0 Å². The Morgan fingerprint density at radius 2 is 1.66 bits per heavy atom. The molecule has 3 rings (SSSR count). The number of rotatable bonds is 6. The molecule has 2 amide bonds. The van der Waals surface area contributed by atoms with Crippen molar-refractivity contribution in [2.45, 2.75) is 13.3 Å². The largest absolute Gasteiger partial charge is 0.457 e. The van der Waals surface area contributed by atoms with Crippen LogP contribution in [-0.4, -0.2) is 28.6 Å². The lowest BCUT2D eigenvalue weighted by atomic mass is 10.1. The Bertz CT molecular complexity index is 1030. The molecule has 0 saturated carbocycles. The van der Waals surface area contributed by atoms with Crippen molar-refractivity contribution in [1.82, 2.24) is 15.1 Å². The molecule has 0 bridgehead atoms. The number of hydrogen-bond donors (Lipinski definition) is 2. The van der Waals surface area contributed by atoms with Gasteiger partial charge in [0.25, 0.3) is 5.91 Å². The van der Waals surface area contributed by atoms with E-state index in [1.165, 1.54) is 11.7 Å². The third-order valence-corrected chi connectivity index (χ3v) is 4.52. The molecule has 0 saturated heterocycles. The molecule has 0 aliphatic carbocycles. The van der Waals surface area contributed by atoms with Crippen LogP contribution >= 0.6 is 11.6 Å². The number of aromatic nitrogens is 2. The third kappa shape index (κ3) is 4.94. The number of nitrogens with zero attached hydrogens (tertiary/aromatic N) is 2. The zero-order valence-electron chi connectivity index (χ0n) is 16.3. The van der Waals surface area contributed by atoms with E-state index in [-0.39, 0.29) is 18.2 Å². The van der Waals surface area contributed by atoms with Crippen molar-refractivity contribution in [2.24, 2.45) is 7.05 Å². The Labute approximate surface area is 173 Å². The predicted octanol–water partition coefficient (Wildman–Crippen LogP) is 3.72. The number of nitrogens with one attached hydrogen (secondary N) is 2. The summed E-state index contributed by atoms with van der Waals surface area (Å²) < 4.78 is 7.20. The number of benzene rings is 2. The van der Waals surface area contributed by atoms with E-state index in [0.29, 0.717) is 33.6 Å². The summed E-state index contributed by atoms with van der Waals surface area (Å²) in [4.78, 5) is 24.6. The van der Waals surface area contributed by atoms with Crippen molar-refractivity contribution in [2.75, 3.05) is 12.4 Å². The molecule has 8 heteroatoms. The number of amides is 2. The van der Waals surface area contributed by atoms with E-state index >= 15 is 0 Å². The van der Waals surface area contributed by atoms with Crippen LogP contribution in [0.25, 0.3) is 0 Å². The van der Waals surface area contributed by atoms with E-state index in [9.17, 15) is 9.59 Å². The van der Waals surface area contributed by atoms with Gasteiger partial charge in [0.2, 0.25) is 5.91 Å². The molecule has 2 N–H and O–H groups in total. The lowest BCUT2D eigenvalue weighted by Gasteiger charge is -2.09. The Hall–Kier alpha value is -3.32. The van der Waals surface area contributed by atoms with E-state index in [4.69, 9.17) is 16.3 Å². The molecule has 0 aliphatic rings. The first-order valence-electron chi connectivity index (χ1n) is 8.95. The van der Waals surface area contributed by atoms with Crippen LogP contribution < -0.4 is 15.4 Å². The summed E-state index contributed by atoms with van der Waals surface area (Å²) >= 11 is 5.87. The molecule has 3 aromatic rings. The van der Waals surface area contributed by atoms with Gasteiger partial charge in [0.05, 0.1) is 17.8 Å². The van der Waals surface area contributed by atoms with E-state index in [1.807, 2.05) is 12.1 Å². The van der Waals surface area contributed by atoms with Crippen LogP contribution in [0, 0.1) is 6.92 Å². The van der Waals surface area contributed by atoms with Gasteiger partial charge in [0.15, 0.2) is 0 Å². The molecular formula is C21H21ClN4O3. The summed E-state index contributed by atoms with van der Waals surface area (Å²) in [6, 6.07) is 14.3. The molecule has 0 spiro atoms. The fraction of sp³-hybridized carbons (Fsp3) is 0.190. The van der Waals surface area contributed by atoms with E-state index in [2.05, 4.69) is 15.7 Å². The van der Waals surface area contributed by atoms with Gasteiger partial charge in [-0.05, 0) is 48.9 Å². The first kappa shape index (κ1) is 20.4. The first-order valence-corrected chi connectivity index (χ1v) is 9.33. The summed E-state index contributed by atoms with van der Waals surface area (Å²) in [6.07, 6.45) is 0.155. The monoisotopic (exact) mass is 412 g/mol. The van der Waals surface area contributed by atoms with Gasteiger partial charge in [-0.1, -0.05) is 23.7 Å². The zero-order valence-corrected chi connectivity index (χ0v) is 17.1. The lowest BCUT2D eigenvalue weighted by Crippen LogP contribution is -2.24. The Balaban J connectivity index is 1.66. The highest BCUT2D eigenvalue weighted by Gasteiger charge is 2.21. The smallest absolute Gasteiger partial charge is 0.271 e. The molecule has 1 aromatic heterocycles. The van der Waals surface area contributed by atoms with Gasteiger partial charge in [-0.2, -0.15) is 5.10 Å². The van der Waals surface area contributed by atoms with Crippen LogP contribution in [0.4, 0.5) is 5.69 Å². The number of carbonyl (C=O) groups excluding carboxylic acids is 2. The van der Waals surface area contributed by atoms with Crippen LogP contribution in [-0.2, 0) is 18.3 Å². The molecule has 2 aromatic carbocycles. The van der Waals surface area contributed by atoms with Gasteiger partial charge in [0.1, 0.15) is 17.2 Å². The van der Waals surface area contributed by atoms with Gasteiger partial charge in [-0.25, -0.2) is 0 Å². The van der Waals surface area contributed by atoms with Gasteiger partial charge in [-0.3, -0.25) is 14.3 Å². The molecular weight excluding hydrogens is 392 g/mol. The SMILES string of the molecule is CNC(=O)c1c(NC(=O)Cc2ccc(Oc3ccc(Cl)cc3)cc2)c(C)nn1C. The molecule has 1 heterocycles. The van der Waals surface area contributed by atoms with Gasteiger partial charge < -0.3 is 15.4 Å². The third-order valence-electron chi connectivity index (χ3n) is 4.27. The number of halogens is 1. The van der Waals surface area contributed by atoms with Crippen LogP contribution in [0.3, 0.4) is 0 Å². The summed E-state index contributed by atoms with van der Waals surface area (Å²) in [7, 11) is 3.19. The number of aryl methyl sites for hydroxylation is 2. The molecule has 29 heavy (non-hydrogen) atoms. The van der Waals surface area contributed by atoms with Crippen molar-refractivity contribution in [3.63, 3.8) is 0 Å². The average molecular weight is 413 g/mol. The number of hydrogen-bond acceptors (Lipinski definition) is 4. The van der Waals surface area contributed by atoms with Crippen molar-refractivity contribution in [3.05, 3.63) is 70.5 Å². The highest BCUT2D eigenvalue weighted by Crippen LogP contribution is 2.24. The standard InChI is InChI=1S/C21H21ClN4O3/c1-13-19(20(21(28)23-2)26(3)25-13)24-18(27)12-14-4-8-16(9-5-14)29-17-10-6-15(22)7-11-17/h4-11H,12H2,1-3H3,(H,23,28)(H,24,27). The Kier molecular flexibility index (Phi) is 6.19. The van der Waals surface area contributed by atoms with Crippen LogP contribution in [0.2, 0.25) is 5.02 Å². The molecule has 0 aliphatic heterocycles. The maximum absolute atomic E-state index is 12.5. The molecule has 0 fully saturated rings. The van der Waals surface area contributed by atoms with E-state index in [1.54, 1.807) is 50.4 Å². The lowest BCUT2D eigenvalue weighted by molar-refractivity contribution is -0.115. The van der Waals surface area contributed by atoms with Gasteiger partial charge in [0, 0.05) is 19.1 Å². The van der Waals surface area contributed by atoms with Crippen LogP contribution in [0.1, 0.15) is 21.7 Å². The second-order valence-corrected chi connectivity index (χ2v) is 6.87. The zero-order chi connectivity index (χ0) is 21.0. The minimum atomic E-state index is -0.313. The molecule has 0 radical (unpaired) electrons. The second kappa shape index (κ2) is 8.79. The highest BCUT2D eigenvalue weighted by molar-refractivity contribution is 6.30. The molecule has 150 valence electrons. The first-order chi connectivity index (χ1) is 13.9. The van der Waals surface area contributed by atoms with Crippen LogP contribution in [0.15, 0.2) is 48.5 Å². The normalized spacial score (nSPS) is 10.5. The highest BCUT2D eigenvalue weighted by atomic mass is 35.5. The quantitative estimate of drug-likeness (QED) is 0.646. The van der Waals surface area contributed by atoms with Crippen LogP contribution in [0.5, 0.6) is 11.5 Å². The van der Waals surface area contributed by atoms with Crippen molar-refractivity contribution >= 4 is 29.1 Å². The van der Waals surface area contributed by atoms with Gasteiger partial charge in [-0.15, -0.1) is 0 Å². The summed E-state index contributed by atoms with van der Waals surface area (Å²) in [5.41, 5.74) is 2.12. The topological polar surface area (TPSA) is 85.2 Å². The number of ether oxygens (including phenoxy) is 1. The Morgan fingerprint density at radius 3 is 2.24 bits per heavy atom. The summed E-state index contributed by atoms with van der Waals surface area (Å²) in [5, 5.41) is 10.2. The molecule has 0 atom stereocenters. The molecule has 0 unspecified atom stereocenters. The van der Waals surface area contributed by atoms with Crippen molar-refractivity contribution < 1.29 is 14.3 Å². The Morgan fingerprint density at radius 1 is 1.07 bits per heavy atom. The summed E-state index contributed by atoms with van der Waals surface area (Å²) in [6.45, 7) is 1.74. The minimum absolute atomic E-state index is 0.155. The molecule has 7 nitrogen and oxygen atoms in total. The maximum atomic E-state index is 12.5. The maximum Gasteiger partial charge on any atom is 0.271 e. The fourth-order valence-corrected chi connectivity index (χ4v) is 3.00. The minimum Gasteiger partial charge on any atom is -0.457 e. The van der Waals surface area contributed by atoms with Crippen molar-refractivity contribution in [3.8, 4) is 11.5 Å². The summed E-state index contributed by atoms with van der Waals surface area (Å²) in [5.74, 6) is 0.778. The second-order valence-electron chi connectivity index (χ2n) is 6.44. The predicted molar refractivity (Wildman–Crippen MR) is 112 cm³/mol. The van der Waals surface area contributed by atoms with Gasteiger partial charge >= 0.3 is 0 Å². The van der Waals surface area contributed by atoms with E-state index < -0.39 is 0 Å². The number of anilines is 1. The van der Waals surface area contributed by atoms with E-state index in [0.717, 1.165) is 5.56 Å².